The highest BCUT2D eigenvalue weighted by Crippen LogP contribution is 2.37. The number of rotatable bonds is 3. The predicted molar refractivity (Wildman–Crippen MR) is 77.3 cm³/mol. The Hall–Kier alpha value is -0.740. The molecule has 2 aliphatic rings. The molecule has 2 unspecified atom stereocenters. The summed E-state index contributed by atoms with van der Waals surface area (Å²) in [5, 5.41) is 0. The van der Waals surface area contributed by atoms with Crippen LogP contribution < -0.4 is 9.47 Å². The summed E-state index contributed by atoms with van der Waals surface area (Å²) < 4.78 is 17.1. The molecule has 19 heavy (non-hydrogen) atoms. The molecular formula is C15H19BrO3. The number of benzene rings is 1. The topological polar surface area (TPSA) is 27.7 Å². The van der Waals surface area contributed by atoms with Crippen LogP contribution in [-0.4, -0.2) is 25.9 Å². The summed E-state index contributed by atoms with van der Waals surface area (Å²) >= 11 is 3.77. The first-order valence-electron chi connectivity index (χ1n) is 6.98. The Morgan fingerprint density at radius 2 is 1.95 bits per heavy atom. The number of alkyl halides is 1. The van der Waals surface area contributed by atoms with E-state index >= 15 is 0 Å². The zero-order valence-electron chi connectivity index (χ0n) is 10.9. The van der Waals surface area contributed by atoms with Gasteiger partial charge in [0.25, 0.3) is 0 Å². The van der Waals surface area contributed by atoms with Crippen molar-refractivity contribution in [3.8, 4) is 11.5 Å². The van der Waals surface area contributed by atoms with Crippen molar-refractivity contribution in [2.24, 2.45) is 0 Å². The second kappa shape index (κ2) is 6.14. The maximum Gasteiger partial charge on any atom is 0.161 e. The Bertz CT molecular complexity index is 429. The zero-order chi connectivity index (χ0) is 13.1. The molecule has 3 nitrogen and oxygen atoms in total. The summed E-state index contributed by atoms with van der Waals surface area (Å²) in [4.78, 5) is 0.313. The molecule has 2 aliphatic heterocycles. The largest absolute Gasteiger partial charge is 0.490 e. The Morgan fingerprint density at radius 1 is 1.11 bits per heavy atom. The first-order valence-corrected chi connectivity index (χ1v) is 7.90. The standard InChI is InChI=1S/C15H19BrO3/c16-13(10-12-3-1-6-17-12)11-4-5-14-15(9-11)19-8-2-7-18-14/h4-5,9,12-13H,1-3,6-8,10H2. The molecule has 3 rings (SSSR count). The third-order valence-corrected chi connectivity index (χ3v) is 4.53. The van der Waals surface area contributed by atoms with E-state index in [0.717, 1.165) is 44.2 Å². The first kappa shape index (κ1) is 13.3. The molecule has 0 saturated carbocycles. The quantitative estimate of drug-likeness (QED) is 0.789. The summed E-state index contributed by atoms with van der Waals surface area (Å²) in [5.74, 6) is 1.73. The highest BCUT2D eigenvalue weighted by Gasteiger charge is 2.21. The van der Waals surface area contributed by atoms with Crippen molar-refractivity contribution < 1.29 is 14.2 Å². The molecule has 4 heteroatoms. The van der Waals surface area contributed by atoms with Gasteiger partial charge in [-0.25, -0.2) is 0 Å². The molecule has 0 amide bonds. The van der Waals surface area contributed by atoms with Crippen LogP contribution in [0.1, 0.15) is 36.1 Å². The van der Waals surface area contributed by atoms with Crippen molar-refractivity contribution in [3.05, 3.63) is 23.8 Å². The Kier molecular flexibility index (Phi) is 4.28. The van der Waals surface area contributed by atoms with Crippen LogP contribution in [0.15, 0.2) is 18.2 Å². The summed E-state index contributed by atoms with van der Waals surface area (Å²) in [5.41, 5.74) is 1.24. The maximum absolute atomic E-state index is 5.73. The van der Waals surface area contributed by atoms with Crippen molar-refractivity contribution in [1.29, 1.82) is 0 Å². The van der Waals surface area contributed by atoms with E-state index in [1.165, 1.54) is 18.4 Å². The number of ether oxygens (including phenoxy) is 3. The molecule has 1 saturated heterocycles. The van der Waals surface area contributed by atoms with Crippen molar-refractivity contribution in [1.82, 2.24) is 0 Å². The van der Waals surface area contributed by atoms with E-state index in [9.17, 15) is 0 Å². The molecule has 1 fully saturated rings. The average molecular weight is 327 g/mol. The van der Waals surface area contributed by atoms with Crippen molar-refractivity contribution in [3.63, 3.8) is 0 Å². The second-order valence-corrected chi connectivity index (χ2v) is 6.20. The van der Waals surface area contributed by atoms with Crippen LogP contribution in [0.3, 0.4) is 0 Å². The smallest absolute Gasteiger partial charge is 0.161 e. The molecular weight excluding hydrogens is 308 g/mol. The van der Waals surface area contributed by atoms with Crippen LogP contribution in [0.4, 0.5) is 0 Å². The minimum Gasteiger partial charge on any atom is -0.490 e. The third kappa shape index (κ3) is 3.23. The molecule has 2 atom stereocenters. The molecule has 0 spiro atoms. The Labute approximate surface area is 122 Å². The molecule has 1 aromatic rings. The van der Waals surface area contributed by atoms with E-state index in [2.05, 4.69) is 28.1 Å². The summed E-state index contributed by atoms with van der Waals surface area (Å²) in [6.45, 7) is 2.38. The van der Waals surface area contributed by atoms with Gasteiger partial charge in [-0.3, -0.25) is 0 Å². The van der Waals surface area contributed by atoms with Gasteiger partial charge >= 0.3 is 0 Å². The highest BCUT2D eigenvalue weighted by molar-refractivity contribution is 9.09. The normalized spacial score (nSPS) is 23.9. The van der Waals surface area contributed by atoms with Gasteiger partial charge in [0.1, 0.15) is 0 Å². The molecule has 0 radical (unpaired) electrons. The molecule has 0 N–H and O–H groups in total. The summed E-state index contributed by atoms with van der Waals surface area (Å²) in [6.07, 6.45) is 4.70. The van der Waals surface area contributed by atoms with Gasteiger partial charge in [-0.1, -0.05) is 22.0 Å². The highest BCUT2D eigenvalue weighted by atomic mass is 79.9. The van der Waals surface area contributed by atoms with Gasteiger partial charge in [0.05, 0.1) is 19.3 Å². The maximum atomic E-state index is 5.73. The van der Waals surface area contributed by atoms with Crippen molar-refractivity contribution in [2.75, 3.05) is 19.8 Å². The molecule has 0 aromatic heterocycles. The van der Waals surface area contributed by atoms with Gasteiger partial charge in [-0.05, 0) is 37.0 Å². The first-order chi connectivity index (χ1) is 9.33. The number of fused-ring (bicyclic) bond motifs is 1. The van der Waals surface area contributed by atoms with Crippen LogP contribution in [0, 0.1) is 0 Å². The van der Waals surface area contributed by atoms with Gasteiger partial charge in [0.15, 0.2) is 11.5 Å². The minimum atomic E-state index is 0.313. The Morgan fingerprint density at radius 3 is 2.74 bits per heavy atom. The van der Waals surface area contributed by atoms with Crippen molar-refractivity contribution in [2.45, 2.75) is 36.6 Å². The minimum absolute atomic E-state index is 0.313. The predicted octanol–water partition coefficient (Wildman–Crippen LogP) is 3.85. The molecule has 0 bridgehead atoms. The molecule has 1 aromatic carbocycles. The van der Waals surface area contributed by atoms with Gasteiger partial charge in [-0.15, -0.1) is 0 Å². The summed E-state index contributed by atoms with van der Waals surface area (Å²) in [6, 6.07) is 6.22. The van der Waals surface area contributed by atoms with Crippen LogP contribution in [0.2, 0.25) is 0 Å². The molecule has 0 aliphatic carbocycles. The number of hydrogen-bond donors (Lipinski definition) is 0. The lowest BCUT2D eigenvalue weighted by molar-refractivity contribution is 0.104. The van der Waals surface area contributed by atoms with E-state index in [4.69, 9.17) is 14.2 Å². The molecule has 104 valence electrons. The second-order valence-electron chi connectivity index (χ2n) is 5.09. The average Bonchev–Trinajstić information content (AvgIpc) is 2.81. The third-order valence-electron chi connectivity index (χ3n) is 3.63. The van der Waals surface area contributed by atoms with E-state index in [1.54, 1.807) is 0 Å². The van der Waals surface area contributed by atoms with E-state index < -0.39 is 0 Å². The lowest BCUT2D eigenvalue weighted by Gasteiger charge is -2.16. The van der Waals surface area contributed by atoms with Crippen LogP contribution >= 0.6 is 15.9 Å². The fourth-order valence-corrected chi connectivity index (χ4v) is 3.27. The Balaban J connectivity index is 1.71. The number of halogens is 1. The lowest BCUT2D eigenvalue weighted by Crippen LogP contribution is -2.08. The fourth-order valence-electron chi connectivity index (χ4n) is 2.57. The lowest BCUT2D eigenvalue weighted by atomic mass is 10.0. The van der Waals surface area contributed by atoms with Gasteiger partial charge in [0.2, 0.25) is 0 Å². The van der Waals surface area contributed by atoms with E-state index in [0.29, 0.717) is 10.9 Å². The van der Waals surface area contributed by atoms with Gasteiger partial charge in [0, 0.05) is 17.9 Å². The van der Waals surface area contributed by atoms with E-state index in [1.807, 2.05) is 6.07 Å². The monoisotopic (exact) mass is 326 g/mol. The number of hydrogen-bond acceptors (Lipinski definition) is 3. The SMILES string of the molecule is BrC(CC1CCCO1)c1ccc2c(c1)OCCCO2. The van der Waals surface area contributed by atoms with Gasteiger partial charge < -0.3 is 14.2 Å². The van der Waals surface area contributed by atoms with Crippen LogP contribution in [0.5, 0.6) is 11.5 Å². The van der Waals surface area contributed by atoms with Crippen LogP contribution in [-0.2, 0) is 4.74 Å². The fraction of sp³-hybridized carbons (Fsp3) is 0.600. The zero-order valence-corrected chi connectivity index (χ0v) is 12.5. The van der Waals surface area contributed by atoms with Crippen LogP contribution in [0.25, 0.3) is 0 Å². The van der Waals surface area contributed by atoms with Crippen molar-refractivity contribution >= 4 is 15.9 Å². The summed E-state index contributed by atoms with van der Waals surface area (Å²) in [7, 11) is 0. The van der Waals surface area contributed by atoms with E-state index in [-0.39, 0.29) is 0 Å². The van der Waals surface area contributed by atoms with Gasteiger partial charge in [-0.2, -0.15) is 0 Å². The molecule has 2 heterocycles.